The van der Waals surface area contributed by atoms with Crippen LogP contribution in [0.3, 0.4) is 0 Å². The molecule has 0 amide bonds. The van der Waals surface area contributed by atoms with E-state index >= 15 is 0 Å². The Morgan fingerprint density at radius 2 is 2.08 bits per heavy atom. The predicted octanol–water partition coefficient (Wildman–Crippen LogP) is 2.47. The van der Waals surface area contributed by atoms with Crippen molar-refractivity contribution >= 4 is 15.6 Å². The molecule has 2 aromatic rings. The summed E-state index contributed by atoms with van der Waals surface area (Å²) in [5.41, 5.74) is 1.76. The lowest BCUT2D eigenvalue weighted by atomic mass is 9.91. The van der Waals surface area contributed by atoms with Crippen LogP contribution in [0.25, 0.3) is 0 Å². The van der Waals surface area contributed by atoms with Gasteiger partial charge in [-0.2, -0.15) is 0 Å². The minimum absolute atomic E-state index is 0.00153. The number of carbonyl (C=O) groups is 1. The number of benzene rings is 1. The largest absolute Gasteiger partial charge is 0.480 e. The molecule has 0 N–H and O–H groups in total. The van der Waals surface area contributed by atoms with Crippen molar-refractivity contribution in [3.05, 3.63) is 53.0 Å². The molecule has 132 valence electrons. The number of fused-ring (bicyclic) bond motifs is 1. The van der Waals surface area contributed by atoms with Gasteiger partial charge in [0.25, 0.3) is 0 Å². The monoisotopic (exact) mass is 363 g/mol. The number of ketones is 1. The fourth-order valence-electron chi connectivity index (χ4n) is 3.22. The second-order valence-corrected chi connectivity index (χ2v) is 8.14. The lowest BCUT2D eigenvalue weighted by Gasteiger charge is -2.15. The average Bonchev–Trinajstić information content (AvgIpc) is 2.73. The summed E-state index contributed by atoms with van der Waals surface area (Å²) in [7, 11) is -2.21. The molecule has 3 rings (SSSR count). The number of hydrogen-bond acceptors (Lipinski definition) is 5. The summed E-state index contributed by atoms with van der Waals surface area (Å²) < 4.78 is 42.9. The van der Waals surface area contributed by atoms with Crippen LogP contribution >= 0.6 is 0 Å². The van der Waals surface area contributed by atoms with Crippen LogP contribution in [0.1, 0.15) is 29.0 Å². The van der Waals surface area contributed by atoms with Gasteiger partial charge in [-0.05, 0) is 41.7 Å². The van der Waals surface area contributed by atoms with Crippen molar-refractivity contribution < 1.29 is 22.3 Å². The van der Waals surface area contributed by atoms with E-state index in [1.54, 1.807) is 12.1 Å². The second-order valence-electron chi connectivity index (χ2n) is 6.16. The van der Waals surface area contributed by atoms with Crippen LogP contribution < -0.4 is 4.74 Å². The minimum atomic E-state index is -3.55. The first-order valence-corrected chi connectivity index (χ1v) is 9.73. The van der Waals surface area contributed by atoms with Crippen LogP contribution in [0, 0.1) is 5.82 Å². The molecule has 7 heteroatoms. The molecular weight excluding hydrogens is 345 g/mol. The number of sulfone groups is 1. The summed E-state index contributed by atoms with van der Waals surface area (Å²) in [4.78, 5) is 16.7. The van der Waals surface area contributed by atoms with E-state index in [9.17, 15) is 17.6 Å². The summed E-state index contributed by atoms with van der Waals surface area (Å²) in [5, 5.41) is 0. The predicted molar refractivity (Wildman–Crippen MR) is 90.1 cm³/mol. The van der Waals surface area contributed by atoms with Crippen LogP contribution in [0.5, 0.6) is 5.88 Å². The van der Waals surface area contributed by atoms with Crippen molar-refractivity contribution in [2.45, 2.75) is 30.1 Å². The van der Waals surface area contributed by atoms with E-state index in [0.29, 0.717) is 29.5 Å². The van der Waals surface area contributed by atoms with Crippen molar-refractivity contribution in [1.82, 2.24) is 4.98 Å². The third kappa shape index (κ3) is 3.42. The smallest absolute Gasteiger partial charge is 0.232 e. The summed E-state index contributed by atoms with van der Waals surface area (Å²) in [6.45, 7) is 0. The Balaban J connectivity index is 2.01. The molecule has 1 aliphatic carbocycles. The lowest BCUT2D eigenvalue weighted by molar-refractivity contribution is -0.119. The number of halogens is 1. The van der Waals surface area contributed by atoms with Crippen LogP contribution in [-0.2, 0) is 27.5 Å². The molecule has 0 aliphatic heterocycles. The number of methoxy groups -OCH3 is 1. The zero-order chi connectivity index (χ0) is 18.2. The van der Waals surface area contributed by atoms with Gasteiger partial charge in [0.1, 0.15) is 16.5 Å². The molecule has 0 radical (unpaired) electrons. The molecule has 0 bridgehead atoms. The highest BCUT2D eigenvalue weighted by Gasteiger charge is 2.28. The highest BCUT2D eigenvalue weighted by Crippen LogP contribution is 2.33. The van der Waals surface area contributed by atoms with Crippen LogP contribution in [0.15, 0.2) is 35.4 Å². The van der Waals surface area contributed by atoms with Crippen LogP contribution in [-0.4, -0.2) is 32.6 Å². The third-order valence-corrected chi connectivity index (χ3v) is 5.58. The first-order chi connectivity index (χ1) is 11.8. The fraction of sp³-hybridized carbons (Fsp3) is 0.333. The lowest BCUT2D eigenvalue weighted by Crippen LogP contribution is -2.15. The number of aromatic nitrogens is 1. The number of pyridine rings is 1. The number of Topliss-reactive ketones (excluding diaryl/α,β-unsaturated/α-hetero) is 1. The Hall–Kier alpha value is -2.28. The summed E-state index contributed by atoms with van der Waals surface area (Å²) >= 11 is 0. The normalized spacial score (nSPS) is 17.7. The Kier molecular flexibility index (Phi) is 4.60. The molecule has 1 aromatic carbocycles. The molecular formula is C18H18FNO4S. The summed E-state index contributed by atoms with van der Waals surface area (Å²) in [6, 6.07) is 6.18. The molecule has 0 fully saturated rings. The molecule has 0 saturated heterocycles. The van der Waals surface area contributed by atoms with E-state index in [1.165, 1.54) is 25.4 Å². The van der Waals surface area contributed by atoms with Gasteiger partial charge in [-0.1, -0.05) is 12.1 Å². The molecule has 1 heterocycles. The van der Waals surface area contributed by atoms with E-state index in [2.05, 4.69) is 4.98 Å². The van der Waals surface area contributed by atoms with Crippen molar-refractivity contribution in [2.75, 3.05) is 13.4 Å². The van der Waals surface area contributed by atoms with E-state index in [-0.39, 0.29) is 28.8 Å². The summed E-state index contributed by atoms with van der Waals surface area (Å²) in [5.74, 6) is -0.904. The molecule has 5 nitrogen and oxygen atoms in total. The third-order valence-electron chi connectivity index (χ3n) is 4.49. The molecule has 25 heavy (non-hydrogen) atoms. The first kappa shape index (κ1) is 17.5. The van der Waals surface area contributed by atoms with Gasteiger partial charge in [-0.25, -0.2) is 17.8 Å². The molecule has 1 unspecified atom stereocenters. The first-order valence-electron chi connectivity index (χ1n) is 7.84. The van der Waals surface area contributed by atoms with E-state index in [4.69, 9.17) is 4.74 Å². The average molecular weight is 363 g/mol. The van der Waals surface area contributed by atoms with Crippen molar-refractivity contribution in [2.24, 2.45) is 0 Å². The highest BCUT2D eigenvalue weighted by molar-refractivity contribution is 7.90. The topological polar surface area (TPSA) is 73.3 Å². The Morgan fingerprint density at radius 3 is 2.76 bits per heavy atom. The fourth-order valence-corrected chi connectivity index (χ4v) is 4.02. The van der Waals surface area contributed by atoms with Crippen LogP contribution in [0.2, 0.25) is 0 Å². The Labute approximate surface area is 145 Å². The zero-order valence-electron chi connectivity index (χ0n) is 14.0. The molecule has 1 aromatic heterocycles. The molecule has 1 aliphatic rings. The maximum absolute atomic E-state index is 14.0. The Morgan fingerprint density at radius 1 is 1.32 bits per heavy atom. The van der Waals surface area contributed by atoms with E-state index in [0.717, 1.165) is 6.26 Å². The zero-order valence-corrected chi connectivity index (χ0v) is 14.8. The van der Waals surface area contributed by atoms with E-state index in [1.807, 2.05) is 0 Å². The van der Waals surface area contributed by atoms with Gasteiger partial charge in [-0.15, -0.1) is 0 Å². The number of hydrogen-bond donors (Lipinski definition) is 0. The van der Waals surface area contributed by atoms with Gasteiger partial charge >= 0.3 is 0 Å². The standard InChI is InChI=1S/C18H18FNO4S/c1-24-18-17(25(2,22)23)9-12(10-20-18)14-7-6-13-11(8-16(14)21)4-3-5-15(13)19/h3-5,9-10,14H,6-8H2,1-2H3. The van der Waals surface area contributed by atoms with Crippen molar-refractivity contribution in [3.63, 3.8) is 0 Å². The second kappa shape index (κ2) is 6.55. The number of nitrogens with zero attached hydrogens (tertiary/aromatic N) is 1. The SMILES string of the molecule is COc1ncc(C2CCc3c(F)cccc3CC2=O)cc1S(C)(=O)=O. The maximum Gasteiger partial charge on any atom is 0.232 e. The van der Waals surface area contributed by atoms with Gasteiger partial charge in [-0.3, -0.25) is 4.79 Å². The van der Waals surface area contributed by atoms with Gasteiger partial charge < -0.3 is 4.74 Å². The number of carbonyl (C=O) groups excluding carboxylic acids is 1. The van der Waals surface area contributed by atoms with Crippen LogP contribution in [0.4, 0.5) is 4.39 Å². The van der Waals surface area contributed by atoms with Crippen molar-refractivity contribution in [3.8, 4) is 5.88 Å². The van der Waals surface area contributed by atoms with Gasteiger partial charge in [0.2, 0.25) is 5.88 Å². The molecule has 1 atom stereocenters. The Bertz CT molecular complexity index is 940. The number of ether oxygens (including phenoxy) is 1. The molecule has 0 spiro atoms. The van der Waals surface area contributed by atoms with E-state index < -0.39 is 15.8 Å². The quantitative estimate of drug-likeness (QED) is 0.784. The van der Waals surface area contributed by atoms with Gasteiger partial charge in [0, 0.05) is 24.8 Å². The van der Waals surface area contributed by atoms with Gasteiger partial charge in [0.05, 0.1) is 7.11 Å². The molecule has 0 saturated carbocycles. The summed E-state index contributed by atoms with van der Waals surface area (Å²) in [6.07, 6.45) is 3.47. The highest BCUT2D eigenvalue weighted by atomic mass is 32.2. The van der Waals surface area contributed by atoms with Crippen molar-refractivity contribution in [1.29, 1.82) is 0 Å². The minimum Gasteiger partial charge on any atom is -0.480 e. The van der Waals surface area contributed by atoms with Gasteiger partial charge in [0.15, 0.2) is 9.84 Å². The maximum atomic E-state index is 14.0. The number of rotatable bonds is 3.